The predicted molar refractivity (Wildman–Crippen MR) is 381 cm³/mol. The first-order valence-corrected chi connectivity index (χ1v) is 41.9. The first-order chi connectivity index (χ1) is 45.3. The van der Waals surface area contributed by atoms with Gasteiger partial charge in [0.05, 0.1) is 26.4 Å². The SMILES string of the molecule is CCCCCCCC(=O)OC[C@H](COP(=O)(O)OC[C@H](O)COP(=O)(O)OC[C@@H](COC(=O)CCCCCCCCCCCCCC(C)C)OC(=O)CCCCCCCCCCCCCCCCCCCCC(C)C)OC(=O)CCCCCCCCCCCCC(C)CC. The number of phosphoric ester groups is 2. The molecule has 0 amide bonds. The highest BCUT2D eigenvalue weighted by Gasteiger charge is 2.30. The van der Waals surface area contributed by atoms with Crippen molar-refractivity contribution in [2.45, 2.75) is 401 Å². The molecule has 0 spiro atoms. The normalized spacial score (nSPS) is 14.4. The topological polar surface area (TPSA) is 237 Å². The van der Waals surface area contributed by atoms with E-state index in [2.05, 4.69) is 48.5 Å². The third-order valence-corrected chi connectivity index (χ3v) is 19.6. The molecule has 3 N–H and O–H groups in total. The lowest BCUT2D eigenvalue weighted by Crippen LogP contribution is -2.30. The van der Waals surface area contributed by atoms with Crippen molar-refractivity contribution < 1.29 is 80.2 Å². The van der Waals surface area contributed by atoms with E-state index in [0.717, 1.165) is 114 Å². The number of phosphoric acid groups is 2. The smallest absolute Gasteiger partial charge is 0.462 e. The maximum absolute atomic E-state index is 13.1. The molecule has 94 heavy (non-hydrogen) atoms. The van der Waals surface area contributed by atoms with Gasteiger partial charge in [0.15, 0.2) is 12.2 Å². The molecular weight excluding hydrogens is 1230 g/mol. The van der Waals surface area contributed by atoms with E-state index in [4.69, 9.17) is 37.0 Å². The van der Waals surface area contributed by atoms with Crippen molar-refractivity contribution in [2.75, 3.05) is 39.6 Å². The summed E-state index contributed by atoms with van der Waals surface area (Å²) in [5.41, 5.74) is 0. The number of rotatable bonds is 73. The summed E-state index contributed by atoms with van der Waals surface area (Å²) in [6, 6.07) is 0. The van der Waals surface area contributed by atoms with Gasteiger partial charge in [0.1, 0.15) is 19.3 Å². The zero-order valence-electron chi connectivity index (χ0n) is 61.4. The lowest BCUT2D eigenvalue weighted by Gasteiger charge is -2.21. The number of aliphatic hydroxyl groups excluding tert-OH is 1. The first-order valence-electron chi connectivity index (χ1n) is 38.9. The Hall–Kier alpha value is -1.94. The fourth-order valence-corrected chi connectivity index (χ4v) is 13.0. The zero-order valence-corrected chi connectivity index (χ0v) is 63.2. The average molecular weight is 1380 g/mol. The van der Waals surface area contributed by atoms with Gasteiger partial charge < -0.3 is 33.8 Å². The van der Waals surface area contributed by atoms with Gasteiger partial charge in [-0.15, -0.1) is 0 Å². The summed E-state index contributed by atoms with van der Waals surface area (Å²) >= 11 is 0. The second kappa shape index (κ2) is 65.7. The number of carbonyl (C=O) groups is 4. The van der Waals surface area contributed by atoms with Crippen LogP contribution >= 0.6 is 15.6 Å². The van der Waals surface area contributed by atoms with Crippen molar-refractivity contribution in [3.8, 4) is 0 Å². The van der Waals surface area contributed by atoms with Crippen molar-refractivity contribution in [3.05, 3.63) is 0 Å². The fourth-order valence-electron chi connectivity index (χ4n) is 11.4. The molecule has 0 rings (SSSR count). The van der Waals surface area contributed by atoms with Crippen molar-refractivity contribution >= 4 is 39.5 Å². The number of esters is 4. The molecule has 0 aliphatic heterocycles. The van der Waals surface area contributed by atoms with Gasteiger partial charge in [-0.2, -0.15) is 0 Å². The number of aliphatic hydroxyl groups is 1. The summed E-state index contributed by atoms with van der Waals surface area (Å²) in [5.74, 6) is 0.264. The zero-order chi connectivity index (χ0) is 69.4. The molecule has 0 fully saturated rings. The number of ether oxygens (including phenoxy) is 4. The molecule has 6 atom stereocenters. The van der Waals surface area contributed by atoms with E-state index in [0.29, 0.717) is 25.7 Å². The number of hydrogen-bond acceptors (Lipinski definition) is 15. The van der Waals surface area contributed by atoms with Crippen molar-refractivity contribution in [1.29, 1.82) is 0 Å². The van der Waals surface area contributed by atoms with E-state index in [1.807, 2.05) is 0 Å². The molecule has 0 heterocycles. The fraction of sp³-hybridized carbons (Fsp3) is 0.947. The Labute approximate surface area is 575 Å². The Balaban J connectivity index is 5.13. The van der Waals surface area contributed by atoms with Gasteiger partial charge in [-0.1, -0.05) is 331 Å². The Kier molecular flexibility index (Phi) is 64.3. The molecule has 0 aromatic carbocycles. The van der Waals surface area contributed by atoms with Crippen LogP contribution in [0.1, 0.15) is 382 Å². The Bertz CT molecular complexity index is 1840. The van der Waals surface area contributed by atoms with Crippen LogP contribution in [0.2, 0.25) is 0 Å². The van der Waals surface area contributed by atoms with Crippen molar-refractivity contribution in [2.24, 2.45) is 17.8 Å². The van der Waals surface area contributed by atoms with Gasteiger partial charge in [0.25, 0.3) is 0 Å². The largest absolute Gasteiger partial charge is 0.472 e. The molecule has 0 aliphatic carbocycles. The molecule has 558 valence electrons. The second-order valence-electron chi connectivity index (χ2n) is 28.2. The maximum atomic E-state index is 13.1. The van der Waals surface area contributed by atoms with E-state index in [1.165, 1.54) is 186 Å². The van der Waals surface area contributed by atoms with E-state index in [9.17, 15) is 43.2 Å². The quantitative estimate of drug-likeness (QED) is 0.0222. The minimum absolute atomic E-state index is 0.105. The van der Waals surface area contributed by atoms with Gasteiger partial charge in [-0.25, -0.2) is 9.13 Å². The molecule has 0 bridgehead atoms. The maximum Gasteiger partial charge on any atom is 0.472 e. The second-order valence-corrected chi connectivity index (χ2v) is 31.1. The van der Waals surface area contributed by atoms with Crippen LogP contribution in [0.25, 0.3) is 0 Å². The third kappa shape index (κ3) is 67.3. The highest BCUT2D eigenvalue weighted by Crippen LogP contribution is 2.45. The minimum atomic E-state index is -4.95. The van der Waals surface area contributed by atoms with Gasteiger partial charge in [0.2, 0.25) is 0 Å². The lowest BCUT2D eigenvalue weighted by atomic mass is 9.99. The Morgan fingerprint density at radius 2 is 0.543 bits per heavy atom. The molecule has 0 saturated carbocycles. The molecule has 0 saturated heterocycles. The number of carbonyl (C=O) groups excluding carboxylic acids is 4. The van der Waals surface area contributed by atoms with Crippen LogP contribution in [0.4, 0.5) is 0 Å². The van der Waals surface area contributed by atoms with Gasteiger partial charge in [-0.3, -0.25) is 37.3 Å². The predicted octanol–water partition coefficient (Wildman–Crippen LogP) is 21.8. The van der Waals surface area contributed by atoms with E-state index in [1.54, 1.807) is 0 Å². The summed E-state index contributed by atoms with van der Waals surface area (Å²) in [6.45, 7) is 11.9. The highest BCUT2D eigenvalue weighted by molar-refractivity contribution is 7.47. The lowest BCUT2D eigenvalue weighted by molar-refractivity contribution is -0.161. The Morgan fingerprint density at radius 1 is 0.309 bits per heavy atom. The molecule has 17 nitrogen and oxygen atoms in total. The van der Waals surface area contributed by atoms with Crippen LogP contribution in [0.15, 0.2) is 0 Å². The van der Waals surface area contributed by atoms with Crippen LogP contribution in [0.5, 0.6) is 0 Å². The van der Waals surface area contributed by atoms with E-state index >= 15 is 0 Å². The Morgan fingerprint density at radius 3 is 0.809 bits per heavy atom. The molecule has 0 aromatic rings. The average Bonchev–Trinajstić information content (AvgIpc) is 1.56. The van der Waals surface area contributed by atoms with Crippen LogP contribution in [-0.4, -0.2) is 96.7 Å². The third-order valence-electron chi connectivity index (χ3n) is 17.7. The van der Waals surface area contributed by atoms with E-state index < -0.39 is 97.5 Å². The van der Waals surface area contributed by atoms with Crippen LogP contribution in [-0.2, 0) is 65.4 Å². The first kappa shape index (κ1) is 92.1. The molecule has 3 unspecified atom stereocenters. The molecule has 0 aliphatic rings. The standard InChI is InChI=1S/C75H146O17P2/c1-8-10-11-39-49-56-72(77)85-62-70(91-74(79)59-52-45-38-32-26-25-29-35-42-48-55-68(7)9-2)64-89-93(81,82)87-60-69(76)61-88-94(83,84)90-65-71(63-86-73(78)57-50-43-36-30-24-20-22-28-34-41-47-54-67(5)6)92-75(80)58-51-44-37-31-23-19-17-15-13-12-14-16-18-21-27-33-40-46-53-66(3)4/h66-71,76H,8-65H2,1-7H3,(H,81,82)(H,83,84)/t68?,69-,70+,71+/m0/s1. The van der Waals surface area contributed by atoms with Crippen LogP contribution in [0, 0.1) is 17.8 Å². The van der Waals surface area contributed by atoms with Crippen molar-refractivity contribution in [3.63, 3.8) is 0 Å². The summed E-state index contributed by atoms with van der Waals surface area (Å²) in [5, 5.41) is 10.6. The molecule has 0 radical (unpaired) electrons. The van der Waals surface area contributed by atoms with Gasteiger partial charge >= 0.3 is 39.5 Å². The van der Waals surface area contributed by atoms with E-state index in [-0.39, 0.29) is 25.7 Å². The summed E-state index contributed by atoms with van der Waals surface area (Å²) in [4.78, 5) is 72.5. The van der Waals surface area contributed by atoms with Gasteiger partial charge in [-0.05, 0) is 43.4 Å². The highest BCUT2D eigenvalue weighted by atomic mass is 31.2. The monoisotopic (exact) mass is 1380 g/mol. The summed E-state index contributed by atoms with van der Waals surface area (Å²) in [7, 11) is -9.90. The summed E-state index contributed by atoms with van der Waals surface area (Å²) < 4.78 is 68.3. The number of hydrogen-bond donors (Lipinski definition) is 3. The van der Waals surface area contributed by atoms with Crippen molar-refractivity contribution in [1.82, 2.24) is 0 Å². The molecule has 19 heteroatoms. The van der Waals surface area contributed by atoms with Crippen LogP contribution in [0.3, 0.4) is 0 Å². The van der Waals surface area contributed by atoms with Crippen LogP contribution < -0.4 is 0 Å². The minimum Gasteiger partial charge on any atom is -0.462 e. The number of unbranched alkanes of at least 4 members (excludes halogenated alkanes) is 40. The molecular formula is C75H146O17P2. The molecule has 0 aromatic heterocycles. The van der Waals surface area contributed by atoms with Gasteiger partial charge in [0, 0.05) is 25.7 Å². The summed E-state index contributed by atoms with van der Waals surface area (Å²) in [6.07, 6.45) is 51.7.